The molecule has 0 heterocycles. The van der Waals surface area contributed by atoms with Gasteiger partial charge in [0.2, 0.25) is 0 Å². The highest BCUT2D eigenvalue weighted by Crippen LogP contribution is 2.41. The largest absolute Gasteiger partial charge is 0.207 e. The molecule has 0 saturated heterocycles. The number of nitriles is 1. The molecule has 2 aromatic rings. The van der Waals surface area contributed by atoms with Crippen LogP contribution in [0.1, 0.15) is 104 Å². The maximum Gasteiger partial charge on any atom is 0.141 e. The second-order valence-electron chi connectivity index (χ2n) is 9.76. The van der Waals surface area contributed by atoms with Gasteiger partial charge in [-0.15, -0.1) is 0 Å². The Hall–Kier alpha value is -2.28. The Kier molecular flexibility index (Phi) is 7.23. The fourth-order valence-corrected chi connectivity index (χ4v) is 5.81. The molecule has 2 aromatic carbocycles. The zero-order chi connectivity index (χ0) is 22.7. The topological polar surface area (TPSA) is 23.8 Å². The maximum absolute atomic E-state index is 15.1. The van der Waals surface area contributed by atoms with E-state index in [9.17, 15) is 4.39 Å². The molecule has 32 heavy (non-hydrogen) atoms. The third-order valence-corrected chi connectivity index (χ3v) is 7.68. The molecule has 1 unspecified atom stereocenters. The van der Waals surface area contributed by atoms with Gasteiger partial charge in [0.25, 0.3) is 0 Å². The lowest BCUT2D eigenvalue weighted by atomic mass is 9.75. The number of benzene rings is 2. The fourth-order valence-electron chi connectivity index (χ4n) is 5.81. The lowest BCUT2D eigenvalue weighted by Gasteiger charge is -2.30. The van der Waals surface area contributed by atoms with Gasteiger partial charge in [-0.25, -0.2) is 13.2 Å². The van der Waals surface area contributed by atoms with E-state index in [1.807, 2.05) is 6.07 Å². The van der Waals surface area contributed by atoms with E-state index in [1.165, 1.54) is 31.7 Å². The zero-order valence-electron chi connectivity index (χ0n) is 18.9. The number of nitrogens with zero attached hydrogens (tertiary/aromatic N) is 1. The second-order valence-corrected chi connectivity index (χ2v) is 9.76. The Morgan fingerprint density at radius 3 is 2.22 bits per heavy atom. The van der Waals surface area contributed by atoms with Crippen molar-refractivity contribution in [3.05, 3.63) is 69.5 Å². The smallest absolute Gasteiger partial charge is 0.141 e. The second kappa shape index (κ2) is 10.1. The normalized spacial score (nSPS) is 22.9. The number of rotatable bonds is 6. The van der Waals surface area contributed by atoms with Gasteiger partial charge in [-0.3, -0.25) is 0 Å². The van der Waals surface area contributed by atoms with Crippen molar-refractivity contribution in [1.29, 1.82) is 5.26 Å². The van der Waals surface area contributed by atoms with Crippen LogP contribution in [0.2, 0.25) is 0 Å². The van der Waals surface area contributed by atoms with Crippen molar-refractivity contribution < 1.29 is 13.2 Å². The summed E-state index contributed by atoms with van der Waals surface area (Å²) in [6.07, 6.45) is 11.0. The van der Waals surface area contributed by atoms with Crippen molar-refractivity contribution in [3.8, 4) is 6.07 Å². The summed E-state index contributed by atoms with van der Waals surface area (Å²) >= 11 is 0. The minimum Gasteiger partial charge on any atom is -0.207 e. The van der Waals surface area contributed by atoms with Crippen molar-refractivity contribution in [1.82, 2.24) is 0 Å². The Labute approximate surface area is 189 Å². The highest BCUT2D eigenvalue weighted by atomic mass is 19.1. The molecule has 0 radical (unpaired) electrons. The molecule has 1 atom stereocenters. The molecular formula is C28H32F3N. The van der Waals surface area contributed by atoms with Crippen molar-refractivity contribution in [2.24, 2.45) is 5.92 Å². The molecular weight excluding hydrogens is 407 g/mol. The van der Waals surface area contributed by atoms with Gasteiger partial charge in [0.1, 0.15) is 23.5 Å². The van der Waals surface area contributed by atoms with Gasteiger partial charge in [0.05, 0.1) is 5.56 Å². The molecule has 0 aromatic heterocycles. The van der Waals surface area contributed by atoms with Crippen LogP contribution in [0, 0.1) is 34.7 Å². The Bertz CT molecular complexity index is 975. The first-order valence-electron chi connectivity index (χ1n) is 12.2. The predicted octanol–water partition coefficient (Wildman–Crippen LogP) is 8.10. The SMILES string of the molecule is CCCCCC1CCC(c2cc(F)c(C3CCc4cc(C#N)c(F)cc4C3)c(F)c2)CC1. The first kappa shape index (κ1) is 22.9. The molecule has 2 aliphatic carbocycles. The Balaban J connectivity index is 1.46. The standard InChI is InChI=1S/C28H32F3N/c1-2-3-4-5-18-6-8-19(9-7-18)23-15-26(30)28(27(31)16-23)21-11-10-20-12-24(17-32)25(29)14-22(20)13-21/h12,14-16,18-19,21H,2-11,13H2,1H3. The van der Waals surface area contributed by atoms with Gasteiger partial charge < -0.3 is 0 Å². The van der Waals surface area contributed by atoms with Gasteiger partial charge in [0.15, 0.2) is 0 Å². The first-order valence-corrected chi connectivity index (χ1v) is 12.2. The van der Waals surface area contributed by atoms with Crippen LogP contribution in [0.15, 0.2) is 24.3 Å². The van der Waals surface area contributed by atoms with Crippen LogP contribution >= 0.6 is 0 Å². The van der Waals surface area contributed by atoms with Crippen LogP contribution in [-0.4, -0.2) is 0 Å². The van der Waals surface area contributed by atoms with E-state index in [4.69, 9.17) is 5.26 Å². The molecule has 0 bridgehead atoms. The summed E-state index contributed by atoms with van der Waals surface area (Å²) in [4.78, 5) is 0. The van der Waals surface area contributed by atoms with Gasteiger partial charge in [-0.2, -0.15) is 5.26 Å². The van der Waals surface area contributed by atoms with E-state index < -0.39 is 17.5 Å². The van der Waals surface area contributed by atoms with E-state index in [1.54, 1.807) is 18.2 Å². The van der Waals surface area contributed by atoms with Crippen molar-refractivity contribution in [2.75, 3.05) is 0 Å². The molecule has 0 N–H and O–H groups in total. The number of halogens is 3. The maximum atomic E-state index is 15.1. The van der Waals surface area contributed by atoms with Crippen LogP contribution in [0.25, 0.3) is 0 Å². The molecule has 170 valence electrons. The predicted molar refractivity (Wildman–Crippen MR) is 121 cm³/mol. The number of hydrogen-bond acceptors (Lipinski definition) is 1. The average molecular weight is 440 g/mol. The Morgan fingerprint density at radius 2 is 1.56 bits per heavy atom. The molecule has 0 aliphatic heterocycles. The van der Waals surface area contributed by atoms with E-state index in [0.717, 1.165) is 48.3 Å². The molecule has 2 aliphatic rings. The van der Waals surface area contributed by atoms with Gasteiger partial charge in [-0.1, -0.05) is 32.6 Å². The summed E-state index contributed by atoms with van der Waals surface area (Å²) in [5.74, 6) is -0.802. The third-order valence-electron chi connectivity index (χ3n) is 7.68. The fraction of sp³-hybridized carbons (Fsp3) is 0.536. The van der Waals surface area contributed by atoms with Crippen LogP contribution in [-0.2, 0) is 12.8 Å². The third kappa shape index (κ3) is 4.87. The van der Waals surface area contributed by atoms with Crippen molar-refractivity contribution in [2.45, 2.75) is 89.4 Å². The van der Waals surface area contributed by atoms with E-state index in [0.29, 0.717) is 19.3 Å². The molecule has 0 amide bonds. The summed E-state index contributed by atoms with van der Waals surface area (Å²) in [6.45, 7) is 2.22. The monoisotopic (exact) mass is 439 g/mol. The van der Waals surface area contributed by atoms with Gasteiger partial charge in [-0.05, 0) is 104 Å². The molecule has 1 fully saturated rings. The highest BCUT2D eigenvalue weighted by Gasteiger charge is 2.29. The number of hydrogen-bond donors (Lipinski definition) is 0. The summed E-state index contributed by atoms with van der Waals surface area (Å²) in [5.41, 5.74) is 2.62. The van der Waals surface area contributed by atoms with Crippen LogP contribution < -0.4 is 0 Å². The summed E-state index contributed by atoms with van der Waals surface area (Å²) in [5, 5.41) is 9.03. The van der Waals surface area contributed by atoms with Gasteiger partial charge in [0, 0.05) is 5.56 Å². The number of aryl methyl sites for hydroxylation is 1. The number of fused-ring (bicyclic) bond motifs is 1. The quantitative estimate of drug-likeness (QED) is 0.417. The van der Waals surface area contributed by atoms with Crippen LogP contribution in [0.5, 0.6) is 0 Å². The highest BCUT2D eigenvalue weighted by molar-refractivity contribution is 5.43. The molecule has 1 nitrogen and oxygen atoms in total. The van der Waals surface area contributed by atoms with Crippen LogP contribution in [0.3, 0.4) is 0 Å². The van der Waals surface area contributed by atoms with Crippen LogP contribution in [0.4, 0.5) is 13.2 Å². The van der Waals surface area contributed by atoms with E-state index in [-0.39, 0.29) is 23.0 Å². The van der Waals surface area contributed by atoms with Gasteiger partial charge >= 0.3 is 0 Å². The molecule has 0 spiro atoms. The number of unbranched alkanes of at least 4 members (excludes halogenated alkanes) is 2. The molecule has 4 heteroatoms. The minimum atomic E-state index is -0.562. The van der Waals surface area contributed by atoms with E-state index >= 15 is 8.78 Å². The summed E-state index contributed by atoms with van der Waals surface area (Å²) < 4.78 is 44.4. The molecule has 4 rings (SSSR count). The summed E-state index contributed by atoms with van der Waals surface area (Å²) in [7, 11) is 0. The average Bonchev–Trinajstić information content (AvgIpc) is 2.78. The Morgan fingerprint density at radius 1 is 0.844 bits per heavy atom. The summed E-state index contributed by atoms with van der Waals surface area (Å²) in [6, 6.07) is 7.91. The van der Waals surface area contributed by atoms with E-state index in [2.05, 4.69) is 6.92 Å². The zero-order valence-corrected chi connectivity index (χ0v) is 18.9. The van der Waals surface area contributed by atoms with Crippen molar-refractivity contribution in [3.63, 3.8) is 0 Å². The first-order chi connectivity index (χ1) is 15.5. The lowest BCUT2D eigenvalue weighted by molar-refractivity contribution is 0.302. The minimum absolute atomic E-state index is 0.0315. The lowest BCUT2D eigenvalue weighted by Crippen LogP contribution is -2.18. The molecule has 1 saturated carbocycles. The van der Waals surface area contributed by atoms with Crippen molar-refractivity contribution >= 4 is 0 Å².